The Morgan fingerprint density at radius 3 is 2.76 bits per heavy atom. The molecule has 0 saturated carbocycles. The lowest BCUT2D eigenvalue weighted by atomic mass is 10.1. The van der Waals surface area contributed by atoms with Crippen LogP contribution in [0, 0.1) is 6.92 Å². The maximum atomic E-state index is 11.1. The van der Waals surface area contributed by atoms with E-state index in [9.17, 15) is 9.90 Å². The maximum absolute atomic E-state index is 11.1. The molecule has 0 heterocycles. The van der Waals surface area contributed by atoms with Gasteiger partial charge in [-0.3, -0.25) is 9.98 Å². The maximum Gasteiger partial charge on any atom is 0.328 e. The highest BCUT2D eigenvalue weighted by Gasteiger charge is 2.14. The lowest BCUT2D eigenvalue weighted by Crippen LogP contribution is -2.23. The number of hydrogen-bond acceptors (Lipinski definition) is 4. The van der Waals surface area contributed by atoms with Gasteiger partial charge in [-0.25, -0.2) is 4.79 Å². The topological polar surface area (TPSA) is 134 Å². The summed E-state index contributed by atoms with van der Waals surface area (Å²) >= 11 is 0. The number of aromatic hydroxyl groups is 1. The lowest BCUT2D eigenvalue weighted by Gasteiger charge is -2.07. The molecule has 0 spiro atoms. The number of rotatable bonds is 7. The number of phenolic OH excluding ortho intramolecular Hbond substituents is 1. The quantitative estimate of drug-likeness (QED) is 0.332. The van der Waals surface area contributed by atoms with Crippen molar-refractivity contribution < 1.29 is 15.0 Å². The number of carbonyl (C=O) groups is 1. The predicted octanol–water partition coefficient (Wildman–Crippen LogP) is 0.626. The van der Waals surface area contributed by atoms with E-state index in [4.69, 9.17) is 16.6 Å². The number of aryl methyl sites for hydroxylation is 1. The number of guanidine groups is 1. The molecule has 1 aromatic rings. The lowest BCUT2D eigenvalue weighted by molar-refractivity contribution is -0.138. The number of nitrogens with zero attached hydrogens (tertiary/aromatic N) is 2. The molecule has 0 bridgehead atoms. The van der Waals surface area contributed by atoms with Crippen LogP contribution in [-0.2, 0) is 4.79 Å². The summed E-state index contributed by atoms with van der Waals surface area (Å²) in [6.45, 7) is 2.23. The van der Waals surface area contributed by atoms with Crippen LogP contribution in [0.3, 0.4) is 0 Å². The van der Waals surface area contributed by atoms with Crippen molar-refractivity contribution in [1.82, 2.24) is 0 Å². The minimum Gasteiger partial charge on any atom is -0.507 e. The van der Waals surface area contributed by atoms with Gasteiger partial charge in [0.2, 0.25) is 0 Å². The van der Waals surface area contributed by atoms with Crippen LogP contribution in [0.2, 0.25) is 0 Å². The second kappa shape index (κ2) is 7.88. The molecular formula is C14H20N4O3. The molecule has 21 heavy (non-hydrogen) atoms. The smallest absolute Gasteiger partial charge is 0.328 e. The van der Waals surface area contributed by atoms with E-state index in [1.807, 2.05) is 6.92 Å². The van der Waals surface area contributed by atoms with Crippen molar-refractivity contribution in [3.63, 3.8) is 0 Å². The highest BCUT2D eigenvalue weighted by atomic mass is 16.4. The summed E-state index contributed by atoms with van der Waals surface area (Å²) in [5.74, 6) is -0.979. The Morgan fingerprint density at radius 1 is 1.43 bits per heavy atom. The normalized spacial score (nSPS) is 12.2. The minimum absolute atomic E-state index is 0.0185. The molecule has 1 aromatic carbocycles. The predicted molar refractivity (Wildman–Crippen MR) is 81.8 cm³/mol. The van der Waals surface area contributed by atoms with Gasteiger partial charge >= 0.3 is 5.97 Å². The number of carboxylic acids is 1. The molecule has 114 valence electrons. The number of benzene rings is 1. The van der Waals surface area contributed by atoms with E-state index < -0.39 is 12.0 Å². The van der Waals surface area contributed by atoms with Gasteiger partial charge in [0, 0.05) is 18.3 Å². The fourth-order valence-corrected chi connectivity index (χ4v) is 1.70. The largest absolute Gasteiger partial charge is 0.507 e. The first-order chi connectivity index (χ1) is 9.90. The minimum atomic E-state index is -1.02. The average molecular weight is 292 g/mol. The van der Waals surface area contributed by atoms with E-state index in [1.165, 1.54) is 6.21 Å². The summed E-state index contributed by atoms with van der Waals surface area (Å²) in [7, 11) is 0. The Morgan fingerprint density at radius 2 is 2.14 bits per heavy atom. The zero-order valence-electron chi connectivity index (χ0n) is 11.9. The van der Waals surface area contributed by atoms with Crippen LogP contribution in [0.15, 0.2) is 28.2 Å². The molecule has 7 heteroatoms. The number of nitrogens with two attached hydrogens (primary N) is 2. The standard InChI is InChI=1S/C14H20N4O3/c1-9-4-5-12(19)10(7-9)8-18-11(13(20)21)3-2-6-17-14(15)16/h4-5,7-8,11,19H,2-3,6H2,1H3,(H,20,21)(H4,15,16,17)/t11-/m0/s1. The van der Waals surface area contributed by atoms with E-state index in [-0.39, 0.29) is 11.7 Å². The molecule has 0 saturated heterocycles. The molecule has 0 aliphatic carbocycles. The number of phenols is 1. The molecule has 0 fully saturated rings. The molecule has 0 amide bonds. The van der Waals surface area contributed by atoms with Crippen molar-refractivity contribution in [3.8, 4) is 5.75 Å². The van der Waals surface area contributed by atoms with Crippen LogP contribution in [0.4, 0.5) is 0 Å². The van der Waals surface area contributed by atoms with Crippen molar-refractivity contribution in [2.24, 2.45) is 21.5 Å². The van der Waals surface area contributed by atoms with Crippen molar-refractivity contribution >= 4 is 18.1 Å². The van der Waals surface area contributed by atoms with Crippen molar-refractivity contribution in [3.05, 3.63) is 29.3 Å². The zero-order chi connectivity index (χ0) is 15.8. The summed E-state index contributed by atoms with van der Waals surface area (Å²) in [5, 5.41) is 18.8. The van der Waals surface area contributed by atoms with Crippen LogP contribution in [0.1, 0.15) is 24.0 Å². The SMILES string of the molecule is Cc1ccc(O)c(C=N[C@@H](CCCN=C(N)N)C(=O)O)c1. The average Bonchev–Trinajstić information content (AvgIpc) is 2.40. The van der Waals surface area contributed by atoms with Crippen LogP contribution >= 0.6 is 0 Å². The van der Waals surface area contributed by atoms with Crippen LogP contribution in [0.25, 0.3) is 0 Å². The molecule has 1 atom stereocenters. The first kappa shape index (κ1) is 16.5. The number of hydrogen-bond donors (Lipinski definition) is 4. The Kier molecular flexibility index (Phi) is 6.19. The van der Waals surface area contributed by atoms with E-state index >= 15 is 0 Å². The first-order valence-electron chi connectivity index (χ1n) is 6.51. The van der Waals surface area contributed by atoms with Gasteiger partial charge in [-0.05, 0) is 31.9 Å². The Bertz CT molecular complexity index is 551. The molecule has 0 radical (unpaired) electrons. The molecule has 0 aromatic heterocycles. The van der Waals surface area contributed by atoms with E-state index in [2.05, 4.69) is 9.98 Å². The fourth-order valence-electron chi connectivity index (χ4n) is 1.70. The van der Waals surface area contributed by atoms with Gasteiger partial charge in [0.15, 0.2) is 5.96 Å². The molecule has 0 aliphatic heterocycles. The van der Waals surface area contributed by atoms with Gasteiger partial charge in [-0.2, -0.15) is 0 Å². The molecule has 0 unspecified atom stereocenters. The highest BCUT2D eigenvalue weighted by molar-refractivity contribution is 5.86. The Hall–Kier alpha value is -2.57. The number of carboxylic acid groups (broad SMARTS) is 1. The van der Waals surface area contributed by atoms with Crippen LogP contribution in [0.5, 0.6) is 5.75 Å². The van der Waals surface area contributed by atoms with Gasteiger partial charge in [0.25, 0.3) is 0 Å². The monoisotopic (exact) mass is 292 g/mol. The summed E-state index contributed by atoms with van der Waals surface area (Å²) in [4.78, 5) is 18.9. The van der Waals surface area contributed by atoms with Crippen molar-refractivity contribution in [2.75, 3.05) is 6.54 Å². The fraction of sp³-hybridized carbons (Fsp3) is 0.357. The molecular weight excluding hydrogens is 272 g/mol. The third-order valence-electron chi connectivity index (χ3n) is 2.79. The van der Waals surface area contributed by atoms with Gasteiger partial charge in [-0.1, -0.05) is 11.6 Å². The van der Waals surface area contributed by atoms with Gasteiger partial charge in [0.1, 0.15) is 11.8 Å². The second-order valence-corrected chi connectivity index (χ2v) is 4.64. The zero-order valence-corrected chi connectivity index (χ0v) is 11.9. The summed E-state index contributed by atoms with van der Waals surface area (Å²) in [6, 6.07) is 4.15. The van der Waals surface area contributed by atoms with Gasteiger partial charge in [0.05, 0.1) is 0 Å². The third kappa shape index (κ3) is 5.94. The highest BCUT2D eigenvalue weighted by Crippen LogP contribution is 2.16. The van der Waals surface area contributed by atoms with Crippen molar-refractivity contribution in [1.29, 1.82) is 0 Å². The first-order valence-corrected chi connectivity index (χ1v) is 6.51. The summed E-state index contributed by atoms with van der Waals surface area (Å²) < 4.78 is 0. The van der Waals surface area contributed by atoms with Gasteiger partial charge in [-0.15, -0.1) is 0 Å². The Labute approximate surface area is 123 Å². The molecule has 0 aliphatic rings. The number of aliphatic carboxylic acids is 1. The van der Waals surface area contributed by atoms with E-state index in [1.54, 1.807) is 18.2 Å². The van der Waals surface area contributed by atoms with Crippen LogP contribution in [-0.4, -0.2) is 40.9 Å². The molecule has 1 rings (SSSR count). The molecule has 7 nitrogen and oxygen atoms in total. The van der Waals surface area contributed by atoms with E-state index in [0.717, 1.165) is 5.56 Å². The molecule has 6 N–H and O–H groups in total. The van der Waals surface area contributed by atoms with Gasteiger partial charge < -0.3 is 21.7 Å². The summed E-state index contributed by atoms with van der Waals surface area (Å²) in [5.41, 5.74) is 11.8. The second-order valence-electron chi connectivity index (χ2n) is 4.64. The summed E-state index contributed by atoms with van der Waals surface area (Å²) in [6.07, 6.45) is 2.20. The van der Waals surface area contributed by atoms with Crippen LogP contribution < -0.4 is 11.5 Å². The third-order valence-corrected chi connectivity index (χ3v) is 2.79. The number of aliphatic imine (C=N–C) groups is 2. The van der Waals surface area contributed by atoms with Crippen molar-refractivity contribution in [2.45, 2.75) is 25.8 Å². The Balaban J connectivity index is 2.69. The van der Waals surface area contributed by atoms with E-state index in [0.29, 0.717) is 24.9 Å².